The first-order valence-electron chi connectivity index (χ1n) is 10.5. The minimum Gasteiger partial charge on any atom is -0.492 e. The first-order chi connectivity index (χ1) is 14.5. The van der Waals surface area contributed by atoms with Gasteiger partial charge in [-0.3, -0.25) is 9.59 Å². The van der Waals surface area contributed by atoms with Gasteiger partial charge in [-0.25, -0.2) is 0 Å². The van der Waals surface area contributed by atoms with Gasteiger partial charge in [0.15, 0.2) is 0 Å². The van der Waals surface area contributed by atoms with Crippen LogP contribution in [0.3, 0.4) is 0 Å². The van der Waals surface area contributed by atoms with Crippen molar-refractivity contribution in [2.75, 3.05) is 32.8 Å². The number of para-hydroxylation sites is 1. The van der Waals surface area contributed by atoms with Crippen LogP contribution in [-0.4, -0.2) is 54.4 Å². The number of hydrogen-bond donors (Lipinski definition) is 0. The molecule has 0 saturated carbocycles. The molecule has 0 spiro atoms. The molecule has 0 atom stereocenters. The summed E-state index contributed by atoms with van der Waals surface area (Å²) in [5.74, 6) is 0.792. The fourth-order valence-electron chi connectivity index (χ4n) is 3.55. The lowest BCUT2D eigenvalue weighted by molar-refractivity contribution is -0.131. The Labute approximate surface area is 183 Å². The predicted molar refractivity (Wildman–Crippen MR) is 119 cm³/mol. The van der Waals surface area contributed by atoms with Gasteiger partial charge in [-0.2, -0.15) is 0 Å². The third kappa shape index (κ3) is 5.76. The number of hydrogen-bond acceptors (Lipinski definition) is 3. The van der Waals surface area contributed by atoms with E-state index < -0.39 is 0 Å². The zero-order valence-electron chi connectivity index (χ0n) is 17.7. The van der Waals surface area contributed by atoms with Crippen LogP contribution in [0.1, 0.15) is 40.7 Å². The topological polar surface area (TPSA) is 49.9 Å². The lowest BCUT2D eigenvalue weighted by Gasteiger charge is -2.22. The van der Waals surface area contributed by atoms with Gasteiger partial charge in [-0.15, -0.1) is 0 Å². The maximum absolute atomic E-state index is 12.9. The Morgan fingerprint density at radius 2 is 1.70 bits per heavy atom. The Bertz CT molecular complexity index is 900. The van der Waals surface area contributed by atoms with Gasteiger partial charge in [0.2, 0.25) is 5.91 Å². The highest BCUT2D eigenvalue weighted by Gasteiger charge is 2.22. The van der Waals surface area contributed by atoms with Crippen molar-refractivity contribution >= 4 is 23.4 Å². The van der Waals surface area contributed by atoms with Crippen LogP contribution in [-0.2, 0) is 4.79 Å². The molecule has 0 bridgehead atoms. The van der Waals surface area contributed by atoms with Crippen LogP contribution in [0.2, 0.25) is 5.02 Å². The quantitative estimate of drug-likeness (QED) is 0.637. The number of amides is 2. The van der Waals surface area contributed by atoms with Crippen LogP contribution in [0, 0.1) is 13.8 Å². The number of halogens is 1. The summed E-state index contributed by atoms with van der Waals surface area (Å²) in [6, 6.07) is 13.1. The minimum absolute atomic E-state index is 0.0422. The van der Waals surface area contributed by atoms with Crippen LogP contribution < -0.4 is 4.74 Å². The summed E-state index contributed by atoms with van der Waals surface area (Å²) >= 11 is 6.07. The molecule has 1 aliphatic heterocycles. The van der Waals surface area contributed by atoms with Gasteiger partial charge < -0.3 is 14.5 Å². The lowest BCUT2D eigenvalue weighted by Crippen LogP contribution is -2.37. The van der Waals surface area contributed by atoms with E-state index in [1.165, 1.54) is 5.56 Å². The second-order valence-corrected chi connectivity index (χ2v) is 8.12. The van der Waals surface area contributed by atoms with Crippen molar-refractivity contribution in [2.45, 2.75) is 33.1 Å². The van der Waals surface area contributed by atoms with Crippen LogP contribution >= 0.6 is 11.6 Å². The number of carbonyl (C=O) groups is 2. The number of ether oxygens (including phenoxy) is 1. The van der Waals surface area contributed by atoms with E-state index in [1.807, 2.05) is 60.0 Å². The molecule has 0 aliphatic carbocycles. The Balaban J connectivity index is 1.46. The van der Waals surface area contributed by atoms with Gasteiger partial charge in [-0.05, 0) is 62.1 Å². The number of aryl methyl sites for hydroxylation is 2. The molecule has 30 heavy (non-hydrogen) atoms. The van der Waals surface area contributed by atoms with Crippen molar-refractivity contribution in [3.8, 4) is 5.75 Å². The van der Waals surface area contributed by atoms with Gasteiger partial charge in [0.1, 0.15) is 5.75 Å². The molecule has 2 aromatic carbocycles. The number of carbonyl (C=O) groups excluding carboxylic acids is 2. The first kappa shape index (κ1) is 22.2. The van der Waals surface area contributed by atoms with E-state index in [0.29, 0.717) is 56.4 Å². The molecule has 0 unspecified atom stereocenters. The lowest BCUT2D eigenvalue weighted by atomic mass is 10.1. The molecule has 160 valence electrons. The molecule has 1 heterocycles. The summed E-state index contributed by atoms with van der Waals surface area (Å²) in [4.78, 5) is 29.2. The molecule has 2 amide bonds. The third-order valence-corrected chi connectivity index (χ3v) is 5.83. The van der Waals surface area contributed by atoms with Crippen molar-refractivity contribution in [1.82, 2.24) is 9.80 Å². The van der Waals surface area contributed by atoms with E-state index in [-0.39, 0.29) is 11.8 Å². The second-order valence-electron chi connectivity index (χ2n) is 7.71. The normalized spacial score (nSPS) is 14.4. The molecule has 0 aromatic heterocycles. The molecule has 1 fully saturated rings. The Morgan fingerprint density at radius 3 is 2.47 bits per heavy atom. The molecule has 2 aromatic rings. The molecule has 0 N–H and O–H groups in total. The maximum atomic E-state index is 12.9. The van der Waals surface area contributed by atoms with Crippen molar-refractivity contribution in [3.63, 3.8) is 0 Å². The molecule has 1 aliphatic rings. The van der Waals surface area contributed by atoms with Gasteiger partial charge in [0, 0.05) is 38.2 Å². The van der Waals surface area contributed by atoms with E-state index in [1.54, 1.807) is 6.07 Å². The molecule has 1 saturated heterocycles. The fourth-order valence-corrected chi connectivity index (χ4v) is 3.74. The Hall–Kier alpha value is -2.53. The zero-order chi connectivity index (χ0) is 21.5. The van der Waals surface area contributed by atoms with Crippen LogP contribution in [0.5, 0.6) is 5.75 Å². The summed E-state index contributed by atoms with van der Waals surface area (Å²) in [5.41, 5.74) is 3.01. The summed E-state index contributed by atoms with van der Waals surface area (Å²) in [6.07, 6.45) is 1.85. The molecule has 5 nitrogen and oxygen atoms in total. The van der Waals surface area contributed by atoms with Crippen molar-refractivity contribution in [1.29, 1.82) is 0 Å². The van der Waals surface area contributed by atoms with Gasteiger partial charge in [0.25, 0.3) is 5.91 Å². The van der Waals surface area contributed by atoms with Gasteiger partial charge >= 0.3 is 0 Å². The SMILES string of the molecule is Cc1ccc(C(=O)N2CCCN(C(=O)CCCOc3ccccc3Cl)CC2)cc1C. The van der Waals surface area contributed by atoms with E-state index >= 15 is 0 Å². The summed E-state index contributed by atoms with van der Waals surface area (Å²) in [5, 5.41) is 0.574. The van der Waals surface area contributed by atoms with E-state index in [2.05, 4.69) is 0 Å². The molecule has 3 rings (SSSR count). The predicted octanol–water partition coefficient (Wildman–Crippen LogP) is 4.49. The second kappa shape index (κ2) is 10.5. The molecule has 6 heteroatoms. The monoisotopic (exact) mass is 428 g/mol. The van der Waals surface area contributed by atoms with Gasteiger partial charge in [-0.1, -0.05) is 29.8 Å². The first-order valence-corrected chi connectivity index (χ1v) is 10.8. The average Bonchev–Trinajstić information content (AvgIpc) is 3.00. The van der Waals surface area contributed by atoms with Crippen LogP contribution in [0.15, 0.2) is 42.5 Å². The zero-order valence-corrected chi connectivity index (χ0v) is 18.5. The van der Waals surface area contributed by atoms with E-state index in [4.69, 9.17) is 16.3 Å². The molecular formula is C24H29ClN2O3. The van der Waals surface area contributed by atoms with Crippen molar-refractivity contribution in [2.24, 2.45) is 0 Å². The number of nitrogens with zero attached hydrogens (tertiary/aromatic N) is 2. The smallest absolute Gasteiger partial charge is 0.253 e. The largest absolute Gasteiger partial charge is 0.492 e. The summed E-state index contributed by atoms with van der Waals surface area (Å²) < 4.78 is 5.66. The number of rotatable bonds is 6. The summed E-state index contributed by atoms with van der Waals surface area (Å²) in [7, 11) is 0. The fraction of sp³-hybridized carbons (Fsp3) is 0.417. The van der Waals surface area contributed by atoms with Crippen LogP contribution in [0.25, 0.3) is 0 Å². The van der Waals surface area contributed by atoms with Crippen molar-refractivity contribution < 1.29 is 14.3 Å². The highest BCUT2D eigenvalue weighted by atomic mass is 35.5. The Morgan fingerprint density at radius 1 is 0.967 bits per heavy atom. The average molecular weight is 429 g/mol. The van der Waals surface area contributed by atoms with Crippen molar-refractivity contribution in [3.05, 3.63) is 64.2 Å². The van der Waals surface area contributed by atoms with Gasteiger partial charge in [0.05, 0.1) is 11.6 Å². The minimum atomic E-state index is 0.0422. The molecule has 0 radical (unpaired) electrons. The van der Waals surface area contributed by atoms with Crippen LogP contribution in [0.4, 0.5) is 0 Å². The molecular weight excluding hydrogens is 400 g/mol. The summed E-state index contributed by atoms with van der Waals surface area (Å²) in [6.45, 7) is 6.99. The number of benzene rings is 2. The highest BCUT2D eigenvalue weighted by molar-refractivity contribution is 6.32. The van der Waals surface area contributed by atoms with E-state index in [0.717, 1.165) is 17.5 Å². The maximum Gasteiger partial charge on any atom is 0.253 e. The Kier molecular flexibility index (Phi) is 7.75. The standard InChI is InChI=1S/C24H29ClN2O3/c1-18-10-11-20(17-19(18)2)24(29)27-13-6-12-26(14-15-27)23(28)9-5-16-30-22-8-4-3-7-21(22)25/h3-4,7-8,10-11,17H,5-6,9,12-16H2,1-2H3. The highest BCUT2D eigenvalue weighted by Crippen LogP contribution is 2.23. The third-order valence-electron chi connectivity index (χ3n) is 5.52. The van der Waals surface area contributed by atoms with E-state index in [9.17, 15) is 9.59 Å².